The van der Waals surface area contributed by atoms with E-state index >= 15 is 0 Å². The summed E-state index contributed by atoms with van der Waals surface area (Å²) in [4.78, 5) is 12.0. The lowest BCUT2D eigenvalue weighted by Gasteiger charge is -2.01. The lowest BCUT2D eigenvalue weighted by molar-refractivity contribution is 0.104. The van der Waals surface area contributed by atoms with E-state index in [1.165, 1.54) is 12.1 Å². The zero-order chi connectivity index (χ0) is 13.8. The molecule has 2 aromatic rings. The third-order valence-electron chi connectivity index (χ3n) is 2.56. The Labute approximate surface area is 119 Å². The SMILES string of the molecule is Nc1cccc(/C=C/C(=O)c2cc(Br)ccc2O)c1. The summed E-state index contributed by atoms with van der Waals surface area (Å²) in [5, 5.41) is 9.65. The van der Waals surface area contributed by atoms with E-state index in [-0.39, 0.29) is 17.1 Å². The molecule has 3 N–H and O–H groups in total. The van der Waals surface area contributed by atoms with E-state index in [2.05, 4.69) is 15.9 Å². The summed E-state index contributed by atoms with van der Waals surface area (Å²) in [6, 6.07) is 11.9. The average Bonchev–Trinajstić information content (AvgIpc) is 2.39. The van der Waals surface area contributed by atoms with Crippen molar-refractivity contribution < 1.29 is 9.90 Å². The van der Waals surface area contributed by atoms with Crippen LogP contribution in [-0.4, -0.2) is 10.9 Å². The maximum Gasteiger partial charge on any atom is 0.189 e. The summed E-state index contributed by atoms with van der Waals surface area (Å²) in [6.07, 6.45) is 3.08. The normalized spacial score (nSPS) is 10.8. The second-order valence-corrected chi connectivity index (χ2v) is 4.94. The van der Waals surface area contributed by atoms with E-state index in [1.54, 1.807) is 30.3 Å². The fourth-order valence-corrected chi connectivity index (χ4v) is 1.99. The molecule has 0 aliphatic heterocycles. The number of halogens is 1. The first-order valence-electron chi connectivity index (χ1n) is 5.63. The van der Waals surface area contributed by atoms with Gasteiger partial charge in [-0.05, 0) is 42.0 Å². The molecule has 19 heavy (non-hydrogen) atoms. The van der Waals surface area contributed by atoms with Crippen molar-refractivity contribution in [3.63, 3.8) is 0 Å². The molecule has 0 aromatic heterocycles. The van der Waals surface area contributed by atoms with Crippen LogP contribution in [0.5, 0.6) is 5.75 Å². The summed E-state index contributed by atoms with van der Waals surface area (Å²) in [5.41, 5.74) is 7.39. The maximum atomic E-state index is 12.0. The quantitative estimate of drug-likeness (QED) is 0.516. The number of phenolic OH excluding ortho intramolecular Hbond substituents is 1. The van der Waals surface area contributed by atoms with Gasteiger partial charge < -0.3 is 10.8 Å². The van der Waals surface area contributed by atoms with Gasteiger partial charge in [0, 0.05) is 10.2 Å². The number of allylic oxidation sites excluding steroid dienone is 1. The molecule has 0 atom stereocenters. The van der Waals surface area contributed by atoms with Crippen LogP contribution in [0.25, 0.3) is 6.08 Å². The molecule has 3 nitrogen and oxygen atoms in total. The molecule has 0 spiro atoms. The molecule has 2 rings (SSSR count). The van der Waals surface area contributed by atoms with Crippen molar-refractivity contribution in [1.29, 1.82) is 0 Å². The molecular formula is C15H12BrNO2. The molecule has 0 amide bonds. The second kappa shape index (κ2) is 5.71. The highest BCUT2D eigenvalue weighted by Crippen LogP contribution is 2.22. The Morgan fingerprint density at radius 1 is 1.21 bits per heavy atom. The van der Waals surface area contributed by atoms with Gasteiger partial charge in [-0.15, -0.1) is 0 Å². The Hall–Kier alpha value is -2.07. The van der Waals surface area contributed by atoms with E-state index in [9.17, 15) is 9.90 Å². The van der Waals surface area contributed by atoms with Gasteiger partial charge >= 0.3 is 0 Å². The van der Waals surface area contributed by atoms with Crippen molar-refractivity contribution in [1.82, 2.24) is 0 Å². The van der Waals surface area contributed by atoms with Gasteiger partial charge in [-0.2, -0.15) is 0 Å². The number of hydrogen-bond donors (Lipinski definition) is 2. The van der Waals surface area contributed by atoms with Gasteiger partial charge in [0.05, 0.1) is 5.56 Å². The Kier molecular flexibility index (Phi) is 4.02. The van der Waals surface area contributed by atoms with Gasteiger partial charge in [-0.25, -0.2) is 0 Å². The van der Waals surface area contributed by atoms with Crippen LogP contribution in [0, 0.1) is 0 Å². The minimum Gasteiger partial charge on any atom is -0.507 e. The standard InChI is InChI=1S/C15H12BrNO2/c16-11-5-7-15(19)13(9-11)14(18)6-4-10-2-1-3-12(17)8-10/h1-9,19H,17H2/b6-4+. The van der Waals surface area contributed by atoms with E-state index in [1.807, 2.05) is 12.1 Å². The van der Waals surface area contributed by atoms with Crippen LogP contribution in [-0.2, 0) is 0 Å². The molecule has 4 heteroatoms. The van der Waals surface area contributed by atoms with E-state index in [4.69, 9.17) is 5.73 Å². The van der Waals surface area contributed by atoms with Crippen molar-refractivity contribution >= 4 is 33.5 Å². The molecule has 0 aliphatic rings. The van der Waals surface area contributed by atoms with Crippen LogP contribution >= 0.6 is 15.9 Å². The van der Waals surface area contributed by atoms with Crippen molar-refractivity contribution in [2.75, 3.05) is 5.73 Å². The molecule has 0 heterocycles. The van der Waals surface area contributed by atoms with Gasteiger partial charge in [0.2, 0.25) is 0 Å². The zero-order valence-electron chi connectivity index (χ0n) is 10.0. The Bertz CT molecular complexity index is 650. The molecule has 0 unspecified atom stereocenters. The van der Waals surface area contributed by atoms with Crippen molar-refractivity contribution in [3.05, 3.63) is 64.1 Å². The van der Waals surface area contributed by atoms with Crippen LogP contribution in [0.2, 0.25) is 0 Å². The van der Waals surface area contributed by atoms with E-state index in [0.29, 0.717) is 5.69 Å². The van der Waals surface area contributed by atoms with Crippen LogP contribution in [0.1, 0.15) is 15.9 Å². The highest BCUT2D eigenvalue weighted by Gasteiger charge is 2.08. The Balaban J connectivity index is 2.23. The maximum absolute atomic E-state index is 12.0. The molecule has 0 bridgehead atoms. The third-order valence-corrected chi connectivity index (χ3v) is 3.06. The molecular weight excluding hydrogens is 306 g/mol. The van der Waals surface area contributed by atoms with Crippen molar-refractivity contribution in [2.45, 2.75) is 0 Å². The Morgan fingerprint density at radius 2 is 2.00 bits per heavy atom. The number of carbonyl (C=O) groups is 1. The molecule has 96 valence electrons. The van der Waals surface area contributed by atoms with Crippen LogP contribution < -0.4 is 5.73 Å². The number of benzene rings is 2. The molecule has 0 radical (unpaired) electrons. The third kappa shape index (κ3) is 3.45. The highest BCUT2D eigenvalue weighted by atomic mass is 79.9. The molecule has 0 fully saturated rings. The first-order valence-corrected chi connectivity index (χ1v) is 6.42. The van der Waals surface area contributed by atoms with Gasteiger partial charge in [0.1, 0.15) is 5.75 Å². The topological polar surface area (TPSA) is 63.3 Å². The number of carbonyl (C=O) groups excluding carboxylic acids is 1. The molecule has 0 aliphatic carbocycles. The number of anilines is 1. The van der Waals surface area contributed by atoms with Gasteiger partial charge in [0.25, 0.3) is 0 Å². The summed E-state index contributed by atoms with van der Waals surface area (Å²) in [5.74, 6) is -0.299. The minimum atomic E-state index is -0.263. The first-order chi connectivity index (χ1) is 9.06. The van der Waals surface area contributed by atoms with Crippen LogP contribution in [0.15, 0.2) is 53.0 Å². The van der Waals surface area contributed by atoms with Crippen LogP contribution in [0.4, 0.5) is 5.69 Å². The molecule has 2 aromatic carbocycles. The monoisotopic (exact) mass is 317 g/mol. The number of nitrogen functional groups attached to an aromatic ring is 1. The average molecular weight is 318 g/mol. The largest absolute Gasteiger partial charge is 0.507 e. The number of phenols is 1. The minimum absolute atomic E-state index is 0.0366. The van der Waals surface area contributed by atoms with Gasteiger partial charge in [-0.1, -0.05) is 34.1 Å². The predicted octanol–water partition coefficient (Wildman–Crippen LogP) is 3.63. The summed E-state index contributed by atoms with van der Waals surface area (Å²) in [6.45, 7) is 0. The van der Waals surface area contributed by atoms with Crippen LogP contribution in [0.3, 0.4) is 0 Å². The fraction of sp³-hybridized carbons (Fsp3) is 0. The number of hydrogen-bond acceptors (Lipinski definition) is 3. The number of aromatic hydroxyl groups is 1. The molecule has 0 saturated heterocycles. The lowest BCUT2D eigenvalue weighted by atomic mass is 10.1. The molecule has 0 saturated carbocycles. The van der Waals surface area contributed by atoms with E-state index < -0.39 is 0 Å². The summed E-state index contributed by atoms with van der Waals surface area (Å²) >= 11 is 3.27. The predicted molar refractivity (Wildman–Crippen MR) is 80.0 cm³/mol. The number of ketones is 1. The number of nitrogens with two attached hydrogens (primary N) is 1. The van der Waals surface area contributed by atoms with Crippen molar-refractivity contribution in [3.8, 4) is 5.75 Å². The zero-order valence-corrected chi connectivity index (χ0v) is 11.6. The fourth-order valence-electron chi connectivity index (χ4n) is 1.63. The lowest BCUT2D eigenvalue weighted by Crippen LogP contribution is -1.95. The van der Waals surface area contributed by atoms with Crippen molar-refractivity contribution in [2.24, 2.45) is 0 Å². The highest BCUT2D eigenvalue weighted by molar-refractivity contribution is 9.10. The van der Waals surface area contributed by atoms with Gasteiger partial charge in [-0.3, -0.25) is 4.79 Å². The van der Waals surface area contributed by atoms with E-state index in [0.717, 1.165) is 10.0 Å². The number of rotatable bonds is 3. The second-order valence-electron chi connectivity index (χ2n) is 4.03. The summed E-state index contributed by atoms with van der Waals surface area (Å²) < 4.78 is 0.742. The summed E-state index contributed by atoms with van der Waals surface area (Å²) in [7, 11) is 0. The Morgan fingerprint density at radius 3 is 2.74 bits per heavy atom. The van der Waals surface area contributed by atoms with Gasteiger partial charge in [0.15, 0.2) is 5.78 Å². The smallest absolute Gasteiger partial charge is 0.189 e. The first kappa shape index (κ1) is 13.4.